The lowest BCUT2D eigenvalue weighted by atomic mass is 9.98. The molecule has 6 nitrogen and oxygen atoms in total. The molecule has 0 fully saturated rings. The van der Waals surface area contributed by atoms with E-state index >= 15 is 0 Å². The van der Waals surface area contributed by atoms with Crippen LogP contribution in [0, 0.1) is 0 Å². The molecule has 12 aromatic carbocycles. The number of para-hydroxylation sites is 4. The van der Waals surface area contributed by atoms with Gasteiger partial charge in [-0.15, -0.1) is 45.3 Å². The molecule has 430 valence electrons. The van der Waals surface area contributed by atoms with Gasteiger partial charge in [0.2, 0.25) is 0 Å². The van der Waals surface area contributed by atoms with Crippen molar-refractivity contribution in [1.29, 1.82) is 0 Å². The Morgan fingerprint density at radius 3 is 1.32 bits per heavy atom. The Morgan fingerprint density at radius 1 is 0.348 bits per heavy atom. The van der Waals surface area contributed by atoms with Gasteiger partial charge < -0.3 is 9.88 Å². The minimum Gasteiger partial charge on any atom is -0.371 e. The van der Waals surface area contributed by atoms with Crippen molar-refractivity contribution in [3.05, 3.63) is 290 Å². The molecule has 0 saturated heterocycles. The zero-order chi connectivity index (χ0) is 60.1. The van der Waals surface area contributed by atoms with Crippen molar-refractivity contribution in [2.24, 2.45) is 4.99 Å². The zero-order valence-electron chi connectivity index (χ0n) is 49.0. The number of allylic oxidation sites excluding steroid dienone is 2. The third-order valence-corrected chi connectivity index (χ3v) is 23.3. The normalized spacial score (nSPS) is 14.2. The van der Waals surface area contributed by atoms with Gasteiger partial charge in [0.25, 0.3) is 0 Å². The molecule has 8 heterocycles. The second kappa shape index (κ2) is 20.3. The molecule has 1 aliphatic carbocycles. The number of rotatable bonds is 5. The van der Waals surface area contributed by atoms with Gasteiger partial charge >= 0.3 is 0 Å². The summed E-state index contributed by atoms with van der Waals surface area (Å²) in [4.78, 5) is 15.8. The van der Waals surface area contributed by atoms with Crippen LogP contribution in [-0.2, 0) is 0 Å². The number of aromatic nitrogens is 4. The van der Waals surface area contributed by atoms with E-state index in [4.69, 9.17) is 15.0 Å². The highest BCUT2D eigenvalue weighted by Crippen LogP contribution is 2.54. The van der Waals surface area contributed by atoms with Crippen LogP contribution in [-0.4, -0.2) is 30.9 Å². The average molecular weight is 1250 g/mol. The quantitative estimate of drug-likeness (QED) is 0.187. The molecule has 21 rings (SSSR count). The van der Waals surface area contributed by atoms with E-state index in [0.29, 0.717) is 0 Å². The first-order valence-corrected chi connectivity index (χ1v) is 34.2. The summed E-state index contributed by atoms with van der Waals surface area (Å²) in [6, 6.07) is 91.5. The number of benzene rings is 12. The van der Waals surface area contributed by atoms with Crippen LogP contribution in [0.4, 0.5) is 0 Å². The van der Waals surface area contributed by atoms with Crippen molar-refractivity contribution in [3.63, 3.8) is 0 Å². The molecule has 19 aromatic rings. The number of thiophene rings is 4. The molecular weight excluding hydrogens is 1200 g/mol. The maximum atomic E-state index is 5.40. The van der Waals surface area contributed by atoms with Gasteiger partial charge in [-0.05, 0) is 72.3 Å². The zero-order valence-corrected chi connectivity index (χ0v) is 52.3. The highest BCUT2D eigenvalue weighted by atomic mass is 32.1. The molecule has 1 atom stereocenters. The molecule has 1 aliphatic heterocycles. The monoisotopic (exact) mass is 1240 g/mol. The molecule has 0 spiro atoms. The van der Waals surface area contributed by atoms with Crippen molar-refractivity contribution in [3.8, 4) is 22.8 Å². The number of hydrogen-bond acceptors (Lipinski definition) is 8. The summed E-state index contributed by atoms with van der Waals surface area (Å²) in [5.41, 5.74) is 15.0. The van der Waals surface area contributed by atoms with Gasteiger partial charge in [-0.3, -0.25) is 4.57 Å². The standard InChI is InChI=1S/C44H27N3S2.C38H21N3S2/c1-2-12-26(13-3-1)40-41(46-33-18-8-7-17-32(33)45-40)27-22-24-28(25-23-27)47-34-19-9-4-14-29(34)37-42(47)38-30-15-5-10-20-35(30)48-44(38)39-31-16-6-11-21-36(31)49-43(37)39;1-2-12-22(13-3-1)34-38(40-27-18-8-7-17-26(27)39-34)41-28-19-9-4-14-23(28)31-35(41)32-24-15-5-10-20-29(24)42-37(32)33-25-16-6-11-21-30(25)43-36(31)33/h1-25,33,46H;1-21H. The van der Waals surface area contributed by atoms with Gasteiger partial charge in [-0.25, -0.2) is 15.0 Å². The van der Waals surface area contributed by atoms with Crippen molar-refractivity contribution in [2.45, 2.75) is 6.04 Å². The lowest BCUT2D eigenvalue weighted by molar-refractivity contribution is 0.882. The minimum atomic E-state index is 0.0494. The fraction of sp³-hybridized carbons (Fsp3) is 0.0122. The largest absolute Gasteiger partial charge is 0.371 e. The first-order chi connectivity index (χ1) is 45.7. The predicted octanol–water partition coefficient (Wildman–Crippen LogP) is 23.0. The van der Waals surface area contributed by atoms with E-state index in [1.54, 1.807) is 0 Å². The van der Waals surface area contributed by atoms with Gasteiger partial charge in [0.15, 0.2) is 5.82 Å². The maximum absolute atomic E-state index is 5.40. The van der Waals surface area contributed by atoms with Gasteiger partial charge in [-0.2, -0.15) is 0 Å². The number of hydrogen-bond donors (Lipinski definition) is 1. The van der Waals surface area contributed by atoms with E-state index in [-0.39, 0.29) is 6.04 Å². The number of aliphatic imine (C=N–C) groups is 1. The third kappa shape index (κ3) is 7.66. The Morgan fingerprint density at radius 2 is 0.772 bits per heavy atom. The fourth-order valence-corrected chi connectivity index (χ4v) is 19.8. The molecule has 1 unspecified atom stereocenters. The Bertz CT molecular complexity index is 6410. The van der Waals surface area contributed by atoms with E-state index in [9.17, 15) is 0 Å². The first kappa shape index (κ1) is 52.0. The number of fused-ring (bicyclic) bond motifs is 26. The molecule has 10 heteroatoms. The average Bonchev–Trinajstić information content (AvgIpc) is 1.54. The summed E-state index contributed by atoms with van der Waals surface area (Å²) < 4.78 is 15.6. The van der Waals surface area contributed by atoms with E-state index in [2.05, 4.69) is 281 Å². The summed E-state index contributed by atoms with van der Waals surface area (Å²) in [7, 11) is 0. The predicted molar refractivity (Wildman–Crippen MR) is 398 cm³/mol. The number of nitrogens with zero attached hydrogens (tertiary/aromatic N) is 5. The van der Waals surface area contributed by atoms with Gasteiger partial charge in [0.05, 0.1) is 56.2 Å². The van der Waals surface area contributed by atoms with Gasteiger partial charge in [0, 0.05) is 119 Å². The molecule has 0 saturated carbocycles. The molecular formula is C82H48N6S4. The molecule has 92 heavy (non-hydrogen) atoms. The summed E-state index contributed by atoms with van der Waals surface area (Å²) in [5.74, 6) is 0.855. The van der Waals surface area contributed by atoms with Crippen molar-refractivity contribution >= 4 is 198 Å². The Balaban J connectivity index is 0.000000129. The van der Waals surface area contributed by atoms with Crippen molar-refractivity contribution < 1.29 is 0 Å². The van der Waals surface area contributed by atoms with Crippen molar-refractivity contribution in [1.82, 2.24) is 24.4 Å². The Labute approximate surface area is 542 Å². The Kier molecular flexibility index (Phi) is 11.5. The van der Waals surface area contributed by atoms with Crippen LogP contribution >= 0.6 is 45.3 Å². The minimum absolute atomic E-state index is 0.0494. The summed E-state index contributed by atoms with van der Waals surface area (Å²) >= 11 is 7.65. The lowest BCUT2D eigenvalue weighted by Crippen LogP contribution is -2.37. The van der Waals surface area contributed by atoms with E-state index in [1.165, 1.54) is 119 Å². The van der Waals surface area contributed by atoms with E-state index < -0.39 is 0 Å². The summed E-state index contributed by atoms with van der Waals surface area (Å²) in [6.45, 7) is 0. The smallest absolute Gasteiger partial charge is 0.165 e. The van der Waals surface area contributed by atoms with Crippen LogP contribution in [0.25, 0.3) is 169 Å². The highest BCUT2D eigenvalue weighted by molar-refractivity contribution is 7.31. The molecule has 0 bridgehead atoms. The van der Waals surface area contributed by atoms with Crippen molar-refractivity contribution in [2.75, 3.05) is 0 Å². The second-order valence-electron chi connectivity index (χ2n) is 23.7. The van der Waals surface area contributed by atoms with E-state index in [0.717, 1.165) is 67.5 Å². The third-order valence-electron chi connectivity index (χ3n) is 18.6. The first-order valence-electron chi connectivity index (χ1n) is 30.9. The van der Waals surface area contributed by atoms with Gasteiger partial charge in [0.1, 0.15) is 5.69 Å². The highest BCUT2D eigenvalue weighted by Gasteiger charge is 2.29. The van der Waals surface area contributed by atoms with Gasteiger partial charge in [-0.1, -0.05) is 212 Å². The van der Waals surface area contributed by atoms with Crippen LogP contribution in [0.3, 0.4) is 0 Å². The maximum Gasteiger partial charge on any atom is 0.165 e. The van der Waals surface area contributed by atoms with Crippen LogP contribution in [0.2, 0.25) is 0 Å². The van der Waals surface area contributed by atoms with Crippen LogP contribution < -0.4 is 5.32 Å². The summed E-state index contributed by atoms with van der Waals surface area (Å²) in [6.07, 6.45) is 8.43. The molecule has 2 aliphatic rings. The van der Waals surface area contributed by atoms with Crippen LogP contribution in [0.5, 0.6) is 0 Å². The molecule has 0 radical (unpaired) electrons. The SMILES string of the molecule is C1=CC2=NC(c3ccccc3)=C(c3ccc(-n4c5ccccc5c5c6sc7ccccc7c6c6sc7ccccc7c6c54)cc3)NC2C=C1.c1ccc(-c2nc3ccccc3nc2-n2c3ccccc3c3c4sc5ccccc5c4c4sc5ccccc5c4c32)cc1. The molecule has 0 amide bonds. The fourth-order valence-electron chi connectivity index (χ4n) is 14.6. The molecule has 7 aromatic heterocycles. The lowest BCUT2D eigenvalue weighted by Gasteiger charge is -2.28. The second-order valence-corrected chi connectivity index (χ2v) is 27.9. The van der Waals surface area contributed by atoms with Crippen LogP contribution in [0.15, 0.2) is 284 Å². The van der Waals surface area contributed by atoms with E-state index in [1.807, 2.05) is 57.5 Å². The Hall–Kier alpha value is -10.9. The molecule has 1 N–H and O–H groups in total. The topological polar surface area (TPSA) is 60.0 Å². The number of nitrogens with one attached hydrogen (secondary N) is 1. The van der Waals surface area contributed by atoms with Crippen LogP contribution in [0.1, 0.15) is 11.1 Å². The summed E-state index contributed by atoms with van der Waals surface area (Å²) in [5, 5.41) is 19.6.